The molecule has 0 atom stereocenters. The van der Waals surface area contributed by atoms with Gasteiger partial charge in [-0.3, -0.25) is 0 Å². The van der Waals surface area contributed by atoms with Crippen molar-refractivity contribution in [2.45, 2.75) is 38.4 Å². The summed E-state index contributed by atoms with van der Waals surface area (Å²) in [4.78, 5) is 17.6. The zero-order valence-electron chi connectivity index (χ0n) is 14.4. The zero-order chi connectivity index (χ0) is 18.3. The standard InChI is InChI=1S/C15H25N5O3S/c1-6-9-18(10-7-2)15(21)19-12-16-14(17-19)24(22,23)20(11-8-3)13(4)5/h6-7,12-13H,1-2,8-11H2,3-5H3. The summed E-state index contributed by atoms with van der Waals surface area (Å²) in [6.07, 6.45) is 4.91. The van der Waals surface area contributed by atoms with E-state index >= 15 is 0 Å². The lowest BCUT2D eigenvalue weighted by Crippen LogP contribution is -2.38. The minimum absolute atomic E-state index is 0.226. The van der Waals surface area contributed by atoms with Crippen LogP contribution in [0.1, 0.15) is 27.2 Å². The molecule has 0 aliphatic rings. The van der Waals surface area contributed by atoms with Gasteiger partial charge in [-0.25, -0.2) is 18.2 Å². The molecule has 9 heteroatoms. The number of rotatable bonds is 9. The van der Waals surface area contributed by atoms with Crippen LogP contribution in [0.3, 0.4) is 0 Å². The van der Waals surface area contributed by atoms with Crippen LogP contribution in [0.25, 0.3) is 0 Å². The van der Waals surface area contributed by atoms with Crippen molar-refractivity contribution in [2.24, 2.45) is 0 Å². The van der Waals surface area contributed by atoms with Gasteiger partial charge in [-0.15, -0.1) is 18.3 Å². The molecule has 134 valence electrons. The minimum Gasteiger partial charge on any atom is -0.315 e. The van der Waals surface area contributed by atoms with Gasteiger partial charge in [0.15, 0.2) is 0 Å². The van der Waals surface area contributed by atoms with Crippen molar-refractivity contribution in [1.82, 2.24) is 24.0 Å². The van der Waals surface area contributed by atoms with Crippen LogP contribution in [0.5, 0.6) is 0 Å². The number of carbonyl (C=O) groups is 1. The maximum Gasteiger partial charge on any atom is 0.346 e. The molecular formula is C15H25N5O3S. The fourth-order valence-electron chi connectivity index (χ4n) is 2.13. The second kappa shape index (κ2) is 8.74. The Labute approximate surface area is 143 Å². The summed E-state index contributed by atoms with van der Waals surface area (Å²) in [5.74, 6) is 0. The van der Waals surface area contributed by atoms with E-state index in [0.29, 0.717) is 26.1 Å². The molecule has 0 aliphatic carbocycles. The minimum atomic E-state index is -3.85. The molecule has 1 aromatic heterocycles. The van der Waals surface area contributed by atoms with Crippen molar-refractivity contribution in [3.05, 3.63) is 31.6 Å². The smallest absolute Gasteiger partial charge is 0.315 e. The molecule has 0 saturated carbocycles. The van der Waals surface area contributed by atoms with E-state index in [2.05, 4.69) is 23.2 Å². The Morgan fingerprint density at radius 1 is 1.33 bits per heavy atom. The number of amides is 1. The molecule has 0 N–H and O–H groups in total. The van der Waals surface area contributed by atoms with Crippen molar-refractivity contribution in [3.63, 3.8) is 0 Å². The van der Waals surface area contributed by atoms with Gasteiger partial charge in [0, 0.05) is 25.7 Å². The van der Waals surface area contributed by atoms with E-state index in [1.807, 2.05) is 6.92 Å². The molecule has 0 spiro atoms. The Hall–Kier alpha value is -2.00. The van der Waals surface area contributed by atoms with Gasteiger partial charge in [-0.2, -0.15) is 8.99 Å². The van der Waals surface area contributed by atoms with Crippen molar-refractivity contribution in [1.29, 1.82) is 0 Å². The predicted molar refractivity (Wildman–Crippen MR) is 92.1 cm³/mol. The Morgan fingerprint density at radius 2 is 1.92 bits per heavy atom. The van der Waals surface area contributed by atoms with Crippen LogP contribution in [-0.4, -0.2) is 64.1 Å². The highest BCUT2D eigenvalue weighted by molar-refractivity contribution is 7.89. The molecule has 24 heavy (non-hydrogen) atoms. The average Bonchev–Trinajstić information content (AvgIpc) is 3.02. The highest BCUT2D eigenvalue weighted by Crippen LogP contribution is 2.15. The lowest BCUT2D eigenvalue weighted by atomic mass is 10.4. The highest BCUT2D eigenvalue weighted by atomic mass is 32.2. The summed E-state index contributed by atoms with van der Waals surface area (Å²) in [5.41, 5.74) is 0. The van der Waals surface area contributed by atoms with E-state index in [4.69, 9.17) is 0 Å². The number of nitrogens with zero attached hydrogens (tertiary/aromatic N) is 5. The summed E-state index contributed by atoms with van der Waals surface area (Å²) >= 11 is 0. The summed E-state index contributed by atoms with van der Waals surface area (Å²) in [7, 11) is -3.85. The summed E-state index contributed by atoms with van der Waals surface area (Å²) < 4.78 is 27.5. The first-order valence-electron chi connectivity index (χ1n) is 7.74. The molecule has 1 heterocycles. The van der Waals surface area contributed by atoms with Crippen LogP contribution >= 0.6 is 0 Å². The Morgan fingerprint density at radius 3 is 2.38 bits per heavy atom. The van der Waals surface area contributed by atoms with Gasteiger partial charge >= 0.3 is 6.03 Å². The Kier molecular flexibility index (Phi) is 7.30. The molecule has 0 aromatic carbocycles. The zero-order valence-corrected chi connectivity index (χ0v) is 15.2. The predicted octanol–water partition coefficient (Wildman–Crippen LogP) is 1.73. The van der Waals surface area contributed by atoms with Crippen LogP contribution in [0.15, 0.2) is 36.8 Å². The van der Waals surface area contributed by atoms with E-state index < -0.39 is 16.1 Å². The van der Waals surface area contributed by atoms with Crippen LogP contribution in [0.4, 0.5) is 4.79 Å². The van der Waals surface area contributed by atoms with Crippen LogP contribution in [-0.2, 0) is 10.0 Å². The molecule has 0 bridgehead atoms. The van der Waals surface area contributed by atoms with Gasteiger partial charge in [0.25, 0.3) is 15.2 Å². The average molecular weight is 355 g/mol. The summed E-state index contributed by atoms with van der Waals surface area (Å²) in [5, 5.41) is 3.49. The van der Waals surface area contributed by atoms with Crippen LogP contribution in [0, 0.1) is 0 Å². The summed E-state index contributed by atoms with van der Waals surface area (Å²) in [6, 6.07) is -0.717. The van der Waals surface area contributed by atoms with E-state index in [1.165, 1.54) is 9.21 Å². The molecule has 0 unspecified atom stereocenters. The van der Waals surface area contributed by atoms with Gasteiger partial charge < -0.3 is 4.90 Å². The van der Waals surface area contributed by atoms with E-state index in [9.17, 15) is 13.2 Å². The molecule has 1 amide bonds. The number of hydrogen-bond acceptors (Lipinski definition) is 5. The Balaban J connectivity index is 3.12. The van der Waals surface area contributed by atoms with Crippen molar-refractivity contribution in [3.8, 4) is 0 Å². The normalized spacial score (nSPS) is 11.7. The topological polar surface area (TPSA) is 88.4 Å². The molecular weight excluding hydrogens is 330 g/mol. The summed E-state index contributed by atoms with van der Waals surface area (Å²) in [6.45, 7) is 13.6. The first-order chi connectivity index (χ1) is 11.3. The first-order valence-corrected chi connectivity index (χ1v) is 9.18. The van der Waals surface area contributed by atoms with E-state index in [-0.39, 0.29) is 11.2 Å². The number of aromatic nitrogens is 3. The van der Waals surface area contributed by atoms with E-state index in [0.717, 1.165) is 11.0 Å². The number of carbonyl (C=O) groups excluding carboxylic acids is 1. The molecule has 8 nitrogen and oxygen atoms in total. The third-order valence-electron chi connectivity index (χ3n) is 3.20. The van der Waals surface area contributed by atoms with Crippen LogP contribution < -0.4 is 0 Å². The molecule has 0 fully saturated rings. The SMILES string of the molecule is C=CCN(CC=C)C(=O)n1cnc(S(=O)(=O)N(CCC)C(C)C)n1. The largest absolute Gasteiger partial charge is 0.346 e. The van der Waals surface area contributed by atoms with Crippen molar-refractivity contribution >= 4 is 16.1 Å². The lowest BCUT2D eigenvalue weighted by Gasteiger charge is -2.23. The monoisotopic (exact) mass is 355 g/mol. The lowest BCUT2D eigenvalue weighted by molar-refractivity contribution is 0.206. The second-order valence-corrected chi connectivity index (χ2v) is 7.23. The third kappa shape index (κ3) is 4.51. The first kappa shape index (κ1) is 20.0. The molecule has 0 radical (unpaired) electrons. The molecule has 0 saturated heterocycles. The quantitative estimate of drug-likeness (QED) is 0.630. The maximum absolute atomic E-state index is 12.7. The second-order valence-electron chi connectivity index (χ2n) is 5.45. The highest BCUT2D eigenvalue weighted by Gasteiger charge is 2.31. The number of hydrogen-bond donors (Lipinski definition) is 0. The fraction of sp³-hybridized carbons (Fsp3) is 0.533. The third-order valence-corrected chi connectivity index (χ3v) is 5.07. The molecule has 1 aromatic rings. The maximum atomic E-state index is 12.7. The molecule has 1 rings (SSSR count). The van der Waals surface area contributed by atoms with Gasteiger partial charge in [0.2, 0.25) is 0 Å². The van der Waals surface area contributed by atoms with E-state index in [1.54, 1.807) is 26.0 Å². The van der Waals surface area contributed by atoms with Crippen molar-refractivity contribution < 1.29 is 13.2 Å². The van der Waals surface area contributed by atoms with Gasteiger partial charge in [-0.1, -0.05) is 19.1 Å². The van der Waals surface area contributed by atoms with Crippen LogP contribution in [0.2, 0.25) is 0 Å². The Bertz CT molecular complexity index is 671. The van der Waals surface area contributed by atoms with Crippen molar-refractivity contribution in [2.75, 3.05) is 19.6 Å². The number of sulfonamides is 1. The fourth-order valence-corrected chi connectivity index (χ4v) is 3.69. The van der Waals surface area contributed by atoms with Gasteiger partial charge in [0.05, 0.1) is 0 Å². The van der Waals surface area contributed by atoms with Gasteiger partial charge in [0.1, 0.15) is 6.33 Å². The molecule has 0 aliphatic heterocycles. The van der Waals surface area contributed by atoms with Gasteiger partial charge in [-0.05, 0) is 20.3 Å².